The smallest absolute Gasteiger partial charge is 0.264 e. The van der Waals surface area contributed by atoms with Crippen LogP contribution in [-0.2, 0) is 4.79 Å². The van der Waals surface area contributed by atoms with E-state index in [1.165, 1.54) is 24.6 Å². The number of nitrogens with one attached hydrogen (secondary N) is 1. The van der Waals surface area contributed by atoms with Gasteiger partial charge in [-0.2, -0.15) is 0 Å². The number of hydrogen-bond acceptors (Lipinski definition) is 6. The number of amides is 1. The number of benzene rings is 1. The van der Waals surface area contributed by atoms with Crippen molar-refractivity contribution < 1.29 is 19.0 Å². The van der Waals surface area contributed by atoms with Crippen LogP contribution in [0.1, 0.15) is 31.2 Å². The van der Waals surface area contributed by atoms with Gasteiger partial charge in [-0.15, -0.1) is 0 Å². The molecule has 7 heteroatoms. The van der Waals surface area contributed by atoms with Gasteiger partial charge in [0.15, 0.2) is 16.7 Å². The summed E-state index contributed by atoms with van der Waals surface area (Å²) in [7, 11) is 4.69. The molecular formula is C18H22N2O4S. The highest BCUT2D eigenvalue weighted by molar-refractivity contribution is 8.18. The minimum atomic E-state index is -0.140. The first-order valence-corrected chi connectivity index (χ1v) is 9.05. The number of methoxy groups -OCH3 is 3. The average Bonchev–Trinajstić information content (AvgIpc) is 3.24. The van der Waals surface area contributed by atoms with E-state index in [1.54, 1.807) is 33.5 Å². The Balaban J connectivity index is 1.88. The van der Waals surface area contributed by atoms with Crippen molar-refractivity contribution in [1.29, 1.82) is 0 Å². The molecule has 1 aromatic carbocycles. The molecule has 0 aromatic heterocycles. The summed E-state index contributed by atoms with van der Waals surface area (Å²) in [5, 5.41) is 3.53. The molecule has 0 atom stereocenters. The summed E-state index contributed by atoms with van der Waals surface area (Å²) in [5.74, 6) is 1.47. The zero-order chi connectivity index (χ0) is 17.8. The lowest BCUT2D eigenvalue weighted by atomic mass is 10.1. The molecule has 1 saturated carbocycles. The highest BCUT2D eigenvalue weighted by atomic mass is 32.2. The summed E-state index contributed by atoms with van der Waals surface area (Å²) < 4.78 is 16.1. The fourth-order valence-corrected chi connectivity index (χ4v) is 3.95. The number of carbonyl (C=O) groups is 1. The molecule has 0 radical (unpaired) electrons. The predicted molar refractivity (Wildman–Crippen MR) is 99.5 cm³/mol. The van der Waals surface area contributed by atoms with Crippen LogP contribution in [-0.4, -0.2) is 38.4 Å². The molecule has 1 amide bonds. The first-order valence-electron chi connectivity index (χ1n) is 8.24. The third-order valence-electron chi connectivity index (χ3n) is 4.30. The van der Waals surface area contributed by atoms with Crippen molar-refractivity contribution in [2.75, 3.05) is 21.3 Å². The van der Waals surface area contributed by atoms with Crippen LogP contribution in [0, 0.1) is 0 Å². The predicted octanol–water partition coefficient (Wildman–Crippen LogP) is 3.21. The standard InChI is InChI=1S/C18H22N2O4S/c1-22-13-9-8-11(15(23-2)16(13)24-3)10-14-17(21)20-18(25-14)19-12-6-4-5-7-12/h8-10,12H,4-7H2,1-3H3,(H,19,20,21)/b14-10-. The molecule has 6 nitrogen and oxygen atoms in total. The largest absolute Gasteiger partial charge is 0.493 e. The molecule has 1 N–H and O–H groups in total. The van der Waals surface area contributed by atoms with Crippen LogP contribution in [0.3, 0.4) is 0 Å². The van der Waals surface area contributed by atoms with Crippen molar-refractivity contribution >= 4 is 28.9 Å². The maximum Gasteiger partial charge on any atom is 0.264 e. The van der Waals surface area contributed by atoms with Gasteiger partial charge in [0.1, 0.15) is 0 Å². The Morgan fingerprint density at radius 1 is 1.12 bits per heavy atom. The first kappa shape index (κ1) is 17.7. The minimum Gasteiger partial charge on any atom is -0.493 e. The third kappa shape index (κ3) is 3.76. The molecule has 0 unspecified atom stereocenters. The van der Waals surface area contributed by atoms with Gasteiger partial charge in [-0.25, -0.2) is 0 Å². The summed E-state index contributed by atoms with van der Waals surface area (Å²) in [6.45, 7) is 0. The molecule has 1 saturated heterocycles. The third-order valence-corrected chi connectivity index (χ3v) is 5.22. The van der Waals surface area contributed by atoms with Crippen LogP contribution in [0.5, 0.6) is 17.2 Å². The van der Waals surface area contributed by atoms with Gasteiger partial charge in [0.05, 0.1) is 32.3 Å². The van der Waals surface area contributed by atoms with Gasteiger partial charge in [-0.1, -0.05) is 12.8 Å². The second kappa shape index (κ2) is 7.82. The van der Waals surface area contributed by atoms with Gasteiger partial charge in [-0.3, -0.25) is 9.79 Å². The normalized spacial score (nSPS) is 21.0. The summed E-state index contributed by atoms with van der Waals surface area (Å²) in [6.07, 6.45) is 6.42. The summed E-state index contributed by atoms with van der Waals surface area (Å²) >= 11 is 1.37. The Bertz CT molecular complexity index is 724. The number of aliphatic imine (C=N–C) groups is 1. The second-order valence-electron chi connectivity index (χ2n) is 5.86. The minimum absolute atomic E-state index is 0.140. The van der Waals surface area contributed by atoms with E-state index in [-0.39, 0.29) is 5.91 Å². The van der Waals surface area contributed by atoms with Gasteiger partial charge >= 0.3 is 0 Å². The number of rotatable bonds is 5. The highest BCUT2D eigenvalue weighted by Crippen LogP contribution is 2.41. The molecule has 1 aliphatic carbocycles. The Kier molecular flexibility index (Phi) is 5.53. The number of hydrogen-bond donors (Lipinski definition) is 1. The van der Waals surface area contributed by atoms with E-state index in [0.717, 1.165) is 18.4 Å². The fourth-order valence-electron chi connectivity index (χ4n) is 3.07. The summed E-state index contributed by atoms with van der Waals surface area (Å²) in [4.78, 5) is 17.5. The van der Waals surface area contributed by atoms with Crippen LogP contribution in [0.15, 0.2) is 22.0 Å². The topological polar surface area (TPSA) is 69.2 Å². The van der Waals surface area contributed by atoms with Crippen molar-refractivity contribution in [3.63, 3.8) is 0 Å². The van der Waals surface area contributed by atoms with E-state index in [0.29, 0.717) is 33.4 Å². The first-order chi connectivity index (χ1) is 12.2. The van der Waals surface area contributed by atoms with Crippen LogP contribution in [0.4, 0.5) is 0 Å². The lowest BCUT2D eigenvalue weighted by Gasteiger charge is -2.14. The SMILES string of the molecule is COc1ccc(/C=C2\SC(=NC3CCCC3)NC2=O)c(OC)c1OC. The van der Waals surface area contributed by atoms with Crippen molar-refractivity contribution in [2.24, 2.45) is 4.99 Å². The maximum atomic E-state index is 12.3. The van der Waals surface area contributed by atoms with Gasteiger partial charge < -0.3 is 19.5 Å². The molecule has 2 fully saturated rings. The van der Waals surface area contributed by atoms with E-state index >= 15 is 0 Å². The Hall–Kier alpha value is -2.15. The quantitative estimate of drug-likeness (QED) is 0.815. The molecule has 3 rings (SSSR count). The average molecular weight is 362 g/mol. The Labute approximate surface area is 151 Å². The molecule has 25 heavy (non-hydrogen) atoms. The molecule has 0 bridgehead atoms. The lowest BCUT2D eigenvalue weighted by molar-refractivity contribution is -0.115. The van der Waals surface area contributed by atoms with Gasteiger partial charge in [0.2, 0.25) is 5.75 Å². The van der Waals surface area contributed by atoms with Crippen LogP contribution < -0.4 is 19.5 Å². The second-order valence-corrected chi connectivity index (χ2v) is 6.89. The molecule has 134 valence electrons. The number of carbonyl (C=O) groups excluding carboxylic acids is 1. The van der Waals surface area contributed by atoms with Crippen LogP contribution >= 0.6 is 11.8 Å². The van der Waals surface area contributed by atoms with Crippen LogP contribution in [0.25, 0.3) is 6.08 Å². The number of ether oxygens (including phenoxy) is 3. The van der Waals surface area contributed by atoms with Crippen LogP contribution in [0.2, 0.25) is 0 Å². The number of amidine groups is 1. The molecule has 1 aliphatic heterocycles. The zero-order valence-corrected chi connectivity index (χ0v) is 15.4. The summed E-state index contributed by atoms with van der Waals surface area (Å²) in [5.41, 5.74) is 0.750. The summed E-state index contributed by atoms with van der Waals surface area (Å²) in [6, 6.07) is 3.96. The van der Waals surface area contributed by atoms with E-state index in [2.05, 4.69) is 10.3 Å². The zero-order valence-electron chi connectivity index (χ0n) is 14.6. The molecular weight excluding hydrogens is 340 g/mol. The van der Waals surface area contributed by atoms with Crippen molar-refractivity contribution in [1.82, 2.24) is 5.32 Å². The van der Waals surface area contributed by atoms with E-state index in [9.17, 15) is 4.79 Å². The Morgan fingerprint density at radius 2 is 1.84 bits per heavy atom. The fraction of sp³-hybridized carbons (Fsp3) is 0.444. The molecule has 2 aliphatic rings. The van der Waals surface area contributed by atoms with Crippen molar-refractivity contribution in [3.05, 3.63) is 22.6 Å². The van der Waals surface area contributed by atoms with Gasteiger partial charge in [0, 0.05) is 5.56 Å². The molecule has 0 spiro atoms. The lowest BCUT2D eigenvalue weighted by Crippen LogP contribution is -2.21. The molecule has 1 aromatic rings. The van der Waals surface area contributed by atoms with E-state index in [4.69, 9.17) is 14.2 Å². The molecule has 1 heterocycles. The van der Waals surface area contributed by atoms with Crippen molar-refractivity contribution in [2.45, 2.75) is 31.7 Å². The number of thioether (sulfide) groups is 1. The van der Waals surface area contributed by atoms with Gasteiger partial charge in [-0.05, 0) is 42.8 Å². The monoisotopic (exact) mass is 362 g/mol. The van der Waals surface area contributed by atoms with E-state index < -0.39 is 0 Å². The highest BCUT2D eigenvalue weighted by Gasteiger charge is 2.26. The maximum absolute atomic E-state index is 12.3. The number of nitrogens with zero attached hydrogens (tertiary/aromatic N) is 1. The van der Waals surface area contributed by atoms with E-state index in [1.807, 2.05) is 6.07 Å². The Morgan fingerprint density at radius 3 is 2.48 bits per heavy atom. The van der Waals surface area contributed by atoms with Gasteiger partial charge in [0.25, 0.3) is 5.91 Å². The van der Waals surface area contributed by atoms with Crippen molar-refractivity contribution in [3.8, 4) is 17.2 Å².